The number of nitrogens with zero attached hydrogens (tertiary/aromatic N) is 1. The predicted octanol–water partition coefficient (Wildman–Crippen LogP) is 2.16. The molecule has 1 aromatic rings. The molecule has 126 valence electrons. The Hall–Kier alpha value is -1.11. The number of carbonyl (C=O) groups is 1. The molecule has 1 saturated carbocycles. The lowest BCUT2D eigenvalue weighted by molar-refractivity contribution is -0.126. The second-order valence-corrected chi connectivity index (χ2v) is 8.77. The van der Waals surface area contributed by atoms with E-state index in [9.17, 15) is 13.2 Å². The Morgan fingerprint density at radius 2 is 2.09 bits per heavy atom. The minimum atomic E-state index is -3.44. The fraction of sp³-hybridized carbons (Fsp3) is 0.562. The first kappa shape index (κ1) is 16.7. The fourth-order valence-corrected chi connectivity index (χ4v) is 4.70. The first-order chi connectivity index (χ1) is 10.9. The van der Waals surface area contributed by atoms with Crippen molar-refractivity contribution in [2.45, 2.75) is 37.5 Å². The minimum absolute atomic E-state index is 0.00449. The van der Waals surface area contributed by atoms with Gasteiger partial charge in [0.05, 0.1) is 11.7 Å². The number of hydrogen-bond acceptors (Lipinski definition) is 3. The van der Waals surface area contributed by atoms with Gasteiger partial charge >= 0.3 is 0 Å². The van der Waals surface area contributed by atoms with Crippen LogP contribution in [0.25, 0.3) is 0 Å². The first-order valence-corrected chi connectivity index (χ1v) is 9.95. The summed E-state index contributed by atoms with van der Waals surface area (Å²) in [6, 6.07) is 7.19. The molecule has 0 radical (unpaired) electrons. The van der Waals surface area contributed by atoms with Gasteiger partial charge < -0.3 is 5.32 Å². The average Bonchev–Trinajstić information content (AvgIpc) is 3.31. The number of halogens is 1. The molecule has 1 heterocycles. The van der Waals surface area contributed by atoms with Crippen LogP contribution in [0.15, 0.2) is 24.3 Å². The minimum Gasteiger partial charge on any atom is -0.353 e. The van der Waals surface area contributed by atoms with Gasteiger partial charge in [-0.15, -0.1) is 0 Å². The SMILES string of the molecule is O=C(NC1CC1)[C@H]1CCCN(S(=O)(=O)Cc2cccc(Cl)c2)C1. The van der Waals surface area contributed by atoms with Gasteiger partial charge in [-0.1, -0.05) is 23.7 Å². The van der Waals surface area contributed by atoms with Gasteiger partial charge in [-0.3, -0.25) is 4.79 Å². The molecule has 2 aliphatic rings. The highest BCUT2D eigenvalue weighted by Gasteiger charge is 2.34. The highest BCUT2D eigenvalue weighted by molar-refractivity contribution is 7.88. The summed E-state index contributed by atoms with van der Waals surface area (Å²) >= 11 is 5.92. The molecule has 0 spiro atoms. The van der Waals surface area contributed by atoms with E-state index < -0.39 is 10.0 Å². The lowest BCUT2D eigenvalue weighted by Crippen LogP contribution is -2.46. The zero-order valence-corrected chi connectivity index (χ0v) is 14.4. The van der Waals surface area contributed by atoms with Gasteiger partial charge in [0, 0.05) is 24.2 Å². The summed E-state index contributed by atoms with van der Waals surface area (Å²) in [5.74, 6) is -0.321. The van der Waals surface area contributed by atoms with E-state index in [1.807, 2.05) is 0 Å². The number of rotatable bonds is 5. The lowest BCUT2D eigenvalue weighted by Gasteiger charge is -2.31. The van der Waals surface area contributed by atoms with E-state index in [-0.39, 0.29) is 24.1 Å². The smallest absolute Gasteiger partial charge is 0.224 e. The molecule has 7 heteroatoms. The van der Waals surface area contributed by atoms with Crippen LogP contribution in [0.5, 0.6) is 0 Å². The topological polar surface area (TPSA) is 66.5 Å². The maximum absolute atomic E-state index is 12.6. The zero-order chi connectivity index (χ0) is 16.4. The summed E-state index contributed by atoms with van der Waals surface area (Å²) in [5, 5.41) is 3.50. The van der Waals surface area contributed by atoms with Gasteiger partial charge in [0.2, 0.25) is 15.9 Å². The first-order valence-electron chi connectivity index (χ1n) is 7.97. The van der Waals surface area contributed by atoms with E-state index in [1.54, 1.807) is 24.3 Å². The van der Waals surface area contributed by atoms with Gasteiger partial charge in [-0.25, -0.2) is 12.7 Å². The van der Waals surface area contributed by atoms with Gasteiger partial charge in [-0.2, -0.15) is 0 Å². The Kier molecular flexibility index (Phi) is 4.94. The van der Waals surface area contributed by atoms with Gasteiger partial charge in [0.25, 0.3) is 0 Å². The van der Waals surface area contributed by atoms with Crippen molar-refractivity contribution in [2.75, 3.05) is 13.1 Å². The van der Waals surface area contributed by atoms with Gasteiger partial charge in [0.15, 0.2) is 0 Å². The highest BCUT2D eigenvalue weighted by atomic mass is 35.5. The van der Waals surface area contributed by atoms with Gasteiger partial charge in [0.1, 0.15) is 0 Å². The molecule has 23 heavy (non-hydrogen) atoms. The number of nitrogens with one attached hydrogen (secondary N) is 1. The Labute approximate surface area is 142 Å². The van der Waals surface area contributed by atoms with Crippen LogP contribution in [0.4, 0.5) is 0 Å². The van der Waals surface area contributed by atoms with Crippen molar-refractivity contribution < 1.29 is 13.2 Å². The van der Waals surface area contributed by atoms with E-state index in [0.29, 0.717) is 23.2 Å². The third-order valence-electron chi connectivity index (χ3n) is 4.31. The van der Waals surface area contributed by atoms with Crippen molar-refractivity contribution >= 4 is 27.5 Å². The average molecular weight is 357 g/mol. The summed E-state index contributed by atoms with van der Waals surface area (Å²) in [4.78, 5) is 12.2. The zero-order valence-electron chi connectivity index (χ0n) is 12.9. The second-order valence-electron chi connectivity index (χ2n) is 6.37. The molecule has 1 aromatic carbocycles. The molecule has 1 amide bonds. The number of sulfonamides is 1. The molecule has 1 saturated heterocycles. The van der Waals surface area contributed by atoms with E-state index >= 15 is 0 Å². The summed E-state index contributed by atoms with van der Waals surface area (Å²) < 4.78 is 26.7. The Bertz CT molecular complexity index is 688. The molecule has 5 nitrogen and oxygen atoms in total. The molecule has 0 unspecified atom stereocenters. The standard InChI is InChI=1S/C16H21ClN2O3S/c17-14-5-1-3-12(9-14)11-23(21,22)19-8-2-4-13(10-19)16(20)18-15-6-7-15/h1,3,5,9,13,15H,2,4,6-8,10-11H2,(H,18,20)/t13-/m0/s1. The molecule has 1 aliphatic carbocycles. The Morgan fingerprint density at radius 3 is 2.78 bits per heavy atom. The molecule has 1 N–H and O–H groups in total. The Balaban J connectivity index is 1.65. The number of piperidine rings is 1. The van der Waals surface area contributed by atoms with Crippen LogP contribution in [0, 0.1) is 5.92 Å². The lowest BCUT2D eigenvalue weighted by atomic mass is 9.99. The van der Waals surface area contributed by atoms with Crippen LogP contribution in [-0.4, -0.2) is 37.8 Å². The number of hydrogen-bond donors (Lipinski definition) is 1. The van der Waals surface area contributed by atoms with Crippen molar-refractivity contribution in [2.24, 2.45) is 5.92 Å². The third-order valence-corrected chi connectivity index (χ3v) is 6.36. The van der Waals surface area contributed by atoms with Crippen molar-refractivity contribution in [3.8, 4) is 0 Å². The van der Waals surface area contributed by atoms with E-state index in [2.05, 4.69) is 5.32 Å². The van der Waals surface area contributed by atoms with E-state index in [0.717, 1.165) is 25.7 Å². The fourth-order valence-electron chi connectivity index (χ4n) is 2.88. The van der Waals surface area contributed by atoms with E-state index in [1.165, 1.54) is 4.31 Å². The van der Waals surface area contributed by atoms with Crippen LogP contribution in [0.3, 0.4) is 0 Å². The summed E-state index contributed by atoms with van der Waals surface area (Å²) in [7, 11) is -3.44. The maximum atomic E-state index is 12.6. The molecule has 1 atom stereocenters. The van der Waals surface area contributed by atoms with Crippen molar-refractivity contribution in [3.63, 3.8) is 0 Å². The molecular weight excluding hydrogens is 336 g/mol. The van der Waals surface area contributed by atoms with Crippen molar-refractivity contribution in [1.82, 2.24) is 9.62 Å². The second kappa shape index (κ2) is 6.79. The monoisotopic (exact) mass is 356 g/mol. The molecule has 3 rings (SSSR count). The van der Waals surface area contributed by atoms with Crippen LogP contribution >= 0.6 is 11.6 Å². The molecular formula is C16H21ClN2O3S. The number of carbonyl (C=O) groups excluding carboxylic acids is 1. The summed E-state index contributed by atoms with van der Waals surface area (Å²) in [6.45, 7) is 0.761. The third kappa shape index (κ3) is 4.46. The predicted molar refractivity (Wildman–Crippen MR) is 89.5 cm³/mol. The summed E-state index contributed by atoms with van der Waals surface area (Å²) in [5.41, 5.74) is 0.669. The highest BCUT2D eigenvalue weighted by Crippen LogP contribution is 2.24. The van der Waals surface area contributed by atoms with Crippen LogP contribution < -0.4 is 5.32 Å². The van der Waals surface area contributed by atoms with Crippen LogP contribution in [-0.2, 0) is 20.6 Å². The number of benzene rings is 1. The molecule has 2 fully saturated rings. The van der Waals surface area contributed by atoms with Crippen molar-refractivity contribution in [3.05, 3.63) is 34.9 Å². The van der Waals surface area contributed by atoms with Crippen molar-refractivity contribution in [1.29, 1.82) is 0 Å². The molecule has 1 aliphatic heterocycles. The Morgan fingerprint density at radius 1 is 1.30 bits per heavy atom. The molecule has 0 bridgehead atoms. The molecule has 0 aromatic heterocycles. The van der Waals surface area contributed by atoms with Crippen LogP contribution in [0.1, 0.15) is 31.2 Å². The quantitative estimate of drug-likeness (QED) is 0.879. The van der Waals surface area contributed by atoms with Gasteiger partial charge in [-0.05, 0) is 43.4 Å². The largest absolute Gasteiger partial charge is 0.353 e. The van der Waals surface area contributed by atoms with E-state index in [4.69, 9.17) is 11.6 Å². The normalized spacial score (nSPS) is 22.7. The maximum Gasteiger partial charge on any atom is 0.224 e. The summed E-state index contributed by atoms with van der Waals surface area (Å²) in [6.07, 6.45) is 3.55. The van der Waals surface area contributed by atoms with Crippen LogP contribution in [0.2, 0.25) is 5.02 Å². The number of amides is 1.